The summed E-state index contributed by atoms with van der Waals surface area (Å²) in [5, 5.41) is 14.5. The van der Waals surface area contributed by atoms with Crippen LogP contribution in [0, 0.1) is 5.92 Å². The van der Waals surface area contributed by atoms with Gasteiger partial charge in [0.05, 0.1) is 6.10 Å². The first-order valence-corrected chi connectivity index (χ1v) is 5.07. The largest absolute Gasteiger partial charge is 0.391 e. The molecule has 3 N–H and O–H groups in total. The van der Waals surface area contributed by atoms with Gasteiger partial charge < -0.3 is 15.7 Å². The number of hydrogen-bond donors (Lipinski definition) is 3. The number of nitrogens with one attached hydrogen (secondary N) is 2. The maximum Gasteiger partial charge on any atom is 0.242 e. The van der Waals surface area contributed by atoms with E-state index in [2.05, 4.69) is 10.6 Å². The molecule has 88 valence electrons. The molecule has 0 aliphatic rings. The van der Waals surface area contributed by atoms with Crippen LogP contribution < -0.4 is 10.6 Å². The second-order valence-corrected chi connectivity index (χ2v) is 3.98. The molecule has 0 bridgehead atoms. The lowest BCUT2D eigenvalue weighted by Gasteiger charge is -2.17. The Balaban J connectivity index is 3.88. The summed E-state index contributed by atoms with van der Waals surface area (Å²) < 4.78 is 0. The van der Waals surface area contributed by atoms with E-state index in [0.29, 0.717) is 0 Å². The standard InChI is InChI=1S/C10H20N2O3/c1-6(2)9(14)5-11-10(15)7(3)12-8(4)13/h6-7,9,14H,5H2,1-4H3,(H,11,15)(H,12,13). The Morgan fingerprint density at radius 1 is 1.27 bits per heavy atom. The lowest BCUT2D eigenvalue weighted by atomic mass is 10.1. The first kappa shape index (κ1) is 13.9. The van der Waals surface area contributed by atoms with Gasteiger partial charge in [0.25, 0.3) is 0 Å². The minimum Gasteiger partial charge on any atom is -0.391 e. The van der Waals surface area contributed by atoms with Gasteiger partial charge in [-0.1, -0.05) is 13.8 Å². The second kappa shape index (κ2) is 6.40. The number of aliphatic hydroxyl groups excluding tert-OH is 1. The molecule has 0 radical (unpaired) electrons. The van der Waals surface area contributed by atoms with Crippen molar-refractivity contribution in [1.29, 1.82) is 0 Å². The van der Waals surface area contributed by atoms with Gasteiger partial charge in [0.15, 0.2) is 0 Å². The van der Waals surface area contributed by atoms with Crippen LogP contribution in [0.2, 0.25) is 0 Å². The Hall–Kier alpha value is -1.10. The molecule has 15 heavy (non-hydrogen) atoms. The van der Waals surface area contributed by atoms with Crippen molar-refractivity contribution in [1.82, 2.24) is 10.6 Å². The zero-order chi connectivity index (χ0) is 12.0. The fraction of sp³-hybridized carbons (Fsp3) is 0.800. The molecule has 0 aromatic rings. The molecule has 0 spiro atoms. The molecule has 2 amide bonds. The molecule has 0 rings (SSSR count). The van der Waals surface area contributed by atoms with Gasteiger partial charge >= 0.3 is 0 Å². The van der Waals surface area contributed by atoms with Crippen molar-refractivity contribution in [2.45, 2.75) is 39.8 Å². The predicted molar refractivity (Wildman–Crippen MR) is 57.1 cm³/mol. The van der Waals surface area contributed by atoms with E-state index >= 15 is 0 Å². The van der Waals surface area contributed by atoms with Crippen molar-refractivity contribution >= 4 is 11.8 Å². The molecule has 5 nitrogen and oxygen atoms in total. The topological polar surface area (TPSA) is 78.4 Å². The highest BCUT2D eigenvalue weighted by Gasteiger charge is 2.15. The third-order valence-corrected chi connectivity index (χ3v) is 2.07. The van der Waals surface area contributed by atoms with Crippen LogP contribution in [0.5, 0.6) is 0 Å². The molecule has 0 aromatic carbocycles. The highest BCUT2D eigenvalue weighted by molar-refractivity contribution is 5.86. The van der Waals surface area contributed by atoms with Gasteiger partial charge in [0.2, 0.25) is 11.8 Å². The zero-order valence-corrected chi connectivity index (χ0v) is 9.70. The van der Waals surface area contributed by atoms with Gasteiger partial charge in [-0.05, 0) is 12.8 Å². The summed E-state index contributed by atoms with van der Waals surface area (Å²) in [6.07, 6.45) is -0.557. The Bertz CT molecular complexity index is 229. The molecule has 5 heteroatoms. The fourth-order valence-corrected chi connectivity index (χ4v) is 0.964. The normalized spacial score (nSPS) is 14.5. The number of rotatable bonds is 5. The summed E-state index contributed by atoms with van der Waals surface area (Å²) >= 11 is 0. The maximum atomic E-state index is 11.4. The Labute approximate surface area is 90.2 Å². The first-order chi connectivity index (χ1) is 6.84. The van der Waals surface area contributed by atoms with Crippen LogP contribution in [-0.4, -0.2) is 35.6 Å². The average molecular weight is 216 g/mol. The number of amides is 2. The third kappa shape index (κ3) is 6.06. The van der Waals surface area contributed by atoms with Crippen molar-refractivity contribution in [3.8, 4) is 0 Å². The molecule has 0 fully saturated rings. The van der Waals surface area contributed by atoms with Crippen molar-refractivity contribution in [2.24, 2.45) is 5.92 Å². The summed E-state index contributed by atoms with van der Waals surface area (Å²) in [5.74, 6) is -0.437. The molecule has 0 saturated heterocycles. The van der Waals surface area contributed by atoms with E-state index in [1.54, 1.807) is 6.92 Å². The summed E-state index contributed by atoms with van der Waals surface area (Å²) in [6.45, 7) is 6.90. The van der Waals surface area contributed by atoms with Crippen molar-refractivity contribution < 1.29 is 14.7 Å². The summed E-state index contributed by atoms with van der Waals surface area (Å²) in [4.78, 5) is 22.0. The van der Waals surface area contributed by atoms with Crippen LogP contribution in [0.1, 0.15) is 27.7 Å². The summed E-state index contributed by atoms with van der Waals surface area (Å²) in [5.41, 5.74) is 0. The molecule has 0 aliphatic carbocycles. The van der Waals surface area contributed by atoms with Crippen LogP contribution in [0.15, 0.2) is 0 Å². The molecule has 0 aromatic heterocycles. The third-order valence-electron chi connectivity index (χ3n) is 2.07. The van der Waals surface area contributed by atoms with E-state index in [-0.39, 0.29) is 24.3 Å². The number of carbonyl (C=O) groups is 2. The summed E-state index contributed by atoms with van der Waals surface area (Å²) in [7, 11) is 0. The quantitative estimate of drug-likeness (QED) is 0.587. The van der Waals surface area contributed by atoms with E-state index in [1.165, 1.54) is 6.92 Å². The minimum atomic E-state index is -0.568. The van der Waals surface area contributed by atoms with E-state index in [9.17, 15) is 14.7 Å². The molecule has 0 saturated carbocycles. The van der Waals surface area contributed by atoms with E-state index in [0.717, 1.165) is 0 Å². The van der Waals surface area contributed by atoms with Crippen molar-refractivity contribution in [3.05, 3.63) is 0 Å². The zero-order valence-electron chi connectivity index (χ0n) is 9.70. The summed E-state index contributed by atoms with van der Waals surface area (Å²) in [6, 6.07) is -0.568. The van der Waals surface area contributed by atoms with E-state index in [1.807, 2.05) is 13.8 Å². The Morgan fingerprint density at radius 2 is 1.80 bits per heavy atom. The van der Waals surface area contributed by atoms with Crippen LogP contribution in [0.3, 0.4) is 0 Å². The van der Waals surface area contributed by atoms with E-state index in [4.69, 9.17) is 0 Å². The molecule has 2 atom stereocenters. The smallest absolute Gasteiger partial charge is 0.242 e. The van der Waals surface area contributed by atoms with Crippen LogP contribution >= 0.6 is 0 Å². The van der Waals surface area contributed by atoms with Crippen LogP contribution in [0.25, 0.3) is 0 Å². The number of aliphatic hydroxyl groups is 1. The van der Waals surface area contributed by atoms with Gasteiger partial charge in [-0.3, -0.25) is 9.59 Å². The van der Waals surface area contributed by atoms with Crippen molar-refractivity contribution in [3.63, 3.8) is 0 Å². The highest BCUT2D eigenvalue weighted by atomic mass is 16.3. The molecular formula is C10H20N2O3. The molecule has 2 unspecified atom stereocenters. The fourth-order valence-electron chi connectivity index (χ4n) is 0.964. The molecule has 0 aliphatic heterocycles. The average Bonchev–Trinajstić information content (AvgIpc) is 2.12. The Morgan fingerprint density at radius 3 is 2.20 bits per heavy atom. The van der Waals surface area contributed by atoms with Gasteiger partial charge in [-0.2, -0.15) is 0 Å². The van der Waals surface area contributed by atoms with Crippen LogP contribution in [-0.2, 0) is 9.59 Å². The maximum absolute atomic E-state index is 11.4. The van der Waals surface area contributed by atoms with E-state index < -0.39 is 12.1 Å². The van der Waals surface area contributed by atoms with Gasteiger partial charge in [-0.15, -0.1) is 0 Å². The highest BCUT2D eigenvalue weighted by Crippen LogP contribution is 1.98. The lowest BCUT2D eigenvalue weighted by Crippen LogP contribution is -2.46. The molecule has 0 heterocycles. The Kier molecular flexibility index (Phi) is 5.93. The lowest BCUT2D eigenvalue weighted by molar-refractivity contribution is -0.128. The number of carbonyl (C=O) groups excluding carboxylic acids is 2. The second-order valence-electron chi connectivity index (χ2n) is 3.98. The number of hydrogen-bond acceptors (Lipinski definition) is 3. The first-order valence-electron chi connectivity index (χ1n) is 5.07. The predicted octanol–water partition coefficient (Wildman–Crippen LogP) is -0.356. The monoisotopic (exact) mass is 216 g/mol. The van der Waals surface area contributed by atoms with Crippen LogP contribution in [0.4, 0.5) is 0 Å². The molecular weight excluding hydrogens is 196 g/mol. The van der Waals surface area contributed by atoms with Gasteiger partial charge in [-0.25, -0.2) is 0 Å². The van der Waals surface area contributed by atoms with Gasteiger partial charge in [0, 0.05) is 13.5 Å². The van der Waals surface area contributed by atoms with Gasteiger partial charge in [0.1, 0.15) is 6.04 Å². The minimum absolute atomic E-state index is 0.0985. The SMILES string of the molecule is CC(=O)NC(C)C(=O)NCC(O)C(C)C. The van der Waals surface area contributed by atoms with Crippen molar-refractivity contribution in [2.75, 3.05) is 6.54 Å².